The standard InChI is InChI=1S/C17H25N3O/c21-17(19-11-1-2-12-19)14-20-13-3-4-16(20)6-5-15-7-9-18-10-8-15/h7-10,16H,1-6,11-14H2/t16-/m1/s1. The van der Waals surface area contributed by atoms with Crippen molar-refractivity contribution in [3.63, 3.8) is 0 Å². The molecule has 3 rings (SSSR count). The molecule has 0 N–H and O–H groups in total. The van der Waals surface area contributed by atoms with E-state index in [1.165, 1.54) is 31.2 Å². The zero-order valence-electron chi connectivity index (χ0n) is 12.7. The molecule has 0 unspecified atom stereocenters. The minimum Gasteiger partial charge on any atom is -0.342 e. The van der Waals surface area contributed by atoms with Crippen LogP contribution in [-0.2, 0) is 11.2 Å². The zero-order chi connectivity index (χ0) is 14.5. The first kappa shape index (κ1) is 14.5. The van der Waals surface area contributed by atoms with Crippen LogP contribution in [0.25, 0.3) is 0 Å². The molecule has 0 aromatic carbocycles. The Labute approximate surface area is 127 Å². The zero-order valence-corrected chi connectivity index (χ0v) is 12.7. The maximum Gasteiger partial charge on any atom is 0.236 e. The van der Waals surface area contributed by atoms with Gasteiger partial charge in [0.2, 0.25) is 5.91 Å². The Morgan fingerprint density at radius 3 is 2.67 bits per heavy atom. The number of rotatable bonds is 5. The van der Waals surface area contributed by atoms with E-state index >= 15 is 0 Å². The van der Waals surface area contributed by atoms with Crippen LogP contribution in [0.3, 0.4) is 0 Å². The van der Waals surface area contributed by atoms with E-state index in [4.69, 9.17) is 0 Å². The van der Waals surface area contributed by atoms with Gasteiger partial charge in [0.15, 0.2) is 0 Å². The number of pyridine rings is 1. The number of hydrogen-bond donors (Lipinski definition) is 0. The number of aryl methyl sites for hydroxylation is 1. The fraction of sp³-hybridized carbons (Fsp3) is 0.647. The van der Waals surface area contributed by atoms with Crippen molar-refractivity contribution in [3.8, 4) is 0 Å². The van der Waals surface area contributed by atoms with E-state index in [1.54, 1.807) is 0 Å². The van der Waals surface area contributed by atoms with Crippen molar-refractivity contribution < 1.29 is 4.79 Å². The summed E-state index contributed by atoms with van der Waals surface area (Å²) in [5.74, 6) is 0.336. The summed E-state index contributed by atoms with van der Waals surface area (Å²) in [7, 11) is 0. The number of nitrogens with zero attached hydrogens (tertiary/aromatic N) is 3. The molecule has 2 saturated heterocycles. The summed E-state index contributed by atoms with van der Waals surface area (Å²) >= 11 is 0. The Morgan fingerprint density at radius 1 is 1.14 bits per heavy atom. The van der Waals surface area contributed by atoms with E-state index in [0.717, 1.165) is 32.5 Å². The third kappa shape index (κ3) is 3.82. The first-order valence-corrected chi connectivity index (χ1v) is 8.23. The number of hydrogen-bond acceptors (Lipinski definition) is 3. The van der Waals surface area contributed by atoms with Crippen molar-refractivity contribution in [1.29, 1.82) is 0 Å². The van der Waals surface area contributed by atoms with Crippen LogP contribution in [-0.4, -0.2) is 52.9 Å². The molecule has 1 amide bonds. The second-order valence-corrected chi connectivity index (χ2v) is 6.25. The van der Waals surface area contributed by atoms with Crippen molar-refractivity contribution >= 4 is 5.91 Å². The van der Waals surface area contributed by atoms with Gasteiger partial charge in [-0.2, -0.15) is 0 Å². The van der Waals surface area contributed by atoms with Crippen LogP contribution in [0.1, 0.15) is 37.7 Å². The van der Waals surface area contributed by atoms with Gasteiger partial charge in [-0.25, -0.2) is 0 Å². The lowest BCUT2D eigenvalue weighted by Crippen LogP contribution is -2.41. The van der Waals surface area contributed by atoms with Gasteiger partial charge in [-0.1, -0.05) is 0 Å². The molecule has 21 heavy (non-hydrogen) atoms. The molecule has 4 heteroatoms. The van der Waals surface area contributed by atoms with Gasteiger partial charge < -0.3 is 4.90 Å². The summed E-state index contributed by atoms with van der Waals surface area (Å²) in [6, 6.07) is 4.76. The van der Waals surface area contributed by atoms with Crippen molar-refractivity contribution in [2.75, 3.05) is 26.2 Å². The van der Waals surface area contributed by atoms with E-state index in [2.05, 4.69) is 22.0 Å². The summed E-state index contributed by atoms with van der Waals surface area (Å²) in [6.07, 6.45) is 10.8. The van der Waals surface area contributed by atoms with E-state index in [-0.39, 0.29) is 0 Å². The molecule has 114 valence electrons. The second-order valence-electron chi connectivity index (χ2n) is 6.25. The number of amides is 1. The van der Waals surface area contributed by atoms with Gasteiger partial charge in [0.1, 0.15) is 0 Å². The van der Waals surface area contributed by atoms with Crippen LogP contribution >= 0.6 is 0 Å². The minimum atomic E-state index is 0.336. The number of carbonyl (C=O) groups excluding carboxylic acids is 1. The van der Waals surface area contributed by atoms with Crippen LogP contribution in [0.15, 0.2) is 24.5 Å². The first-order valence-electron chi connectivity index (χ1n) is 8.23. The van der Waals surface area contributed by atoms with E-state index in [1.807, 2.05) is 17.3 Å². The van der Waals surface area contributed by atoms with E-state index in [9.17, 15) is 4.79 Å². The average molecular weight is 287 g/mol. The lowest BCUT2D eigenvalue weighted by Gasteiger charge is -2.26. The summed E-state index contributed by atoms with van der Waals surface area (Å²) < 4.78 is 0. The quantitative estimate of drug-likeness (QED) is 0.832. The highest BCUT2D eigenvalue weighted by molar-refractivity contribution is 5.78. The normalized spacial score (nSPS) is 22.9. The Morgan fingerprint density at radius 2 is 1.90 bits per heavy atom. The van der Waals surface area contributed by atoms with Gasteiger partial charge in [-0.05, 0) is 62.8 Å². The molecular weight excluding hydrogens is 262 g/mol. The first-order chi connectivity index (χ1) is 10.3. The largest absolute Gasteiger partial charge is 0.342 e. The van der Waals surface area contributed by atoms with Crippen LogP contribution in [0.2, 0.25) is 0 Å². The second kappa shape index (κ2) is 7.03. The average Bonchev–Trinajstić information content (AvgIpc) is 3.18. The highest BCUT2D eigenvalue weighted by atomic mass is 16.2. The molecule has 2 aliphatic heterocycles. The van der Waals surface area contributed by atoms with Gasteiger partial charge in [0.25, 0.3) is 0 Å². The predicted molar refractivity (Wildman–Crippen MR) is 83.0 cm³/mol. The maximum absolute atomic E-state index is 12.3. The Kier molecular flexibility index (Phi) is 4.86. The van der Waals surface area contributed by atoms with Gasteiger partial charge >= 0.3 is 0 Å². The fourth-order valence-corrected chi connectivity index (χ4v) is 3.55. The lowest BCUT2D eigenvalue weighted by atomic mass is 10.0. The smallest absolute Gasteiger partial charge is 0.236 e. The molecule has 4 nitrogen and oxygen atoms in total. The molecule has 1 aromatic rings. The molecule has 0 saturated carbocycles. The van der Waals surface area contributed by atoms with Crippen molar-refractivity contribution in [2.24, 2.45) is 0 Å². The summed E-state index contributed by atoms with van der Waals surface area (Å²) in [4.78, 5) is 20.8. The molecule has 0 radical (unpaired) electrons. The van der Waals surface area contributed by atoms with Crippen molar-refractivity contribution in [1.82, 2.24) is 14.8 Å². The Bertz CT molecular complexity index is 456. The summed E-state index contributed by atoms with van der Waals surface area (Å²) in [6.45, 7) is 3.64. The van der Waals surface area contributed by atoms with Gasteiger partial charge in [0.05, 0.1) is 6.54 Å². The maximum atomic E-state index is 12.3. The predicted octanol–water partition coefficient (Wildman–Crippen LogP) is 2.10. The third-order valence-electron chi connectivity index (χ3n) is 4.81. The van der Waals surface area contributed by atoms with E-state index < -0.39 is 0 Å². The Hall–Kier alpha value is -1.42. The molecule has 1 aromatic heterocycles. The number of carbonyl (C=O) groups is 1. The monoisotopic (exact) mass is 287 g/mol. The van der Waals surface area contributed by atoms with E-state index in [0.29, 0.717) is 18.5 Å². The fourth-order valence-electron chi connectivity index (χ4n) is 3.55. The highest BCUT2D eigenvalue weighted by Crippen LogP contribution is 2.22. The van der Waals surface area contributed by atoms with Crippen LogP contribution in [0.4, 0.5) is 0 Å². The lowest BCUT2D eigenvalue weighted by molar-refractivity contribution is -0.131. The molecule has 0 aliphatic carbocycles. The summed E-state index contributed by atoms with van der Waals surface area (Å²) in [5, 5.41) is 0. The molecule has 3 heterocycles. The SMILES string of the molecule is O=C(CN1CCC[C@@H]1CCc1ccncc1)N1CCCC1. The van der Waals surface area contributed by atoms with Crippen molar-refractivity contribution in [3.05, 3.63) is 30.1 Å². The molecule has 1 atom stereocenters. The molecule has 2 aliphatic rings. The van der Waals surface area contributed by atoms with Crippen LogP contribution < -0.4 is 0 Å². The topological polar surface area (TPSA) is 36.4 Å². The van der Waals surface area contributed by atoms with Gasteiger partial charge in [-0.3, -0.25) is 14.7 Å². The molecule has 2 fully saturated rings. The van der Waals surface area contributed by atoms with Crippen LogP contribution in [0.5, 0.6) is 0 Å². The molecule has 0 spiro atoms. The van der Waals surface area contributed by atoms with Gasteiger partial charge in [0, 0.05) is 31.5 Å². The van der Waals surface area contributed by atoms with Crippen LogP contribution in [0, 0.1) is 0 Å². The molecular formula is C17H25N3O. The minimum absolute atomic E-state index is 0.336. The summed E-state index contributed by atoms with van der Waals surface area (Å²) in [5.41, 5.74) is 1.35. The number of aromatic nitrogens is 1. The highest BCUT2D eigenvalue weighted by Gasteiger charge is 2.28. The molecule has 0 bridgehead atoms. The Balaban J connectivity index is 1.49. The number of likely N-dealkylation sites (tertiary alicyclic amines) is 2. The van der Waals surface area contributed by atoms with Gasteiger partial charge in [-0.15, -0.1) is 0 Å². The third-order valence-corrected chi connectivity index (χ3v) is 4.81. The van der Waals surface area contributed by atoms with Crippen molar-refractivity contribution in [2.45, 2.75) is 44.6 Å².